The number of hydrogen-bond donors (Lipinski definition) is 0. The molecule has 1 amide bonds. The third-order valence-corrected chi connectivity index (χ3v) is 5.34. The first-order valence-electron chi connectivity index (χ1n) is 6.95. The second-order valence-electron chi connectivity index (χ2n) is 5.55. The Labute approximate surface area is 128 Å². The van der Waals surface area contributed by atoms with Crippen molar-refractivity contribution >= 4 is 32.2 Å². The van der Waals surface area contributed by atoms with Gasteiger partial charge in [-0.15, -0.1) is 0 Å². The van der Waals surface area contributed by atoms with Gasteiger partial charge in [-0.2, -0.15) is 0 Å². The maximum atomic E-state index is 11.5. The van der Waals surface area contributed by atoms with Gasteiger partial charge in [0.1, 0.15) is 0 Å². The molecule has 102 valence electrons. The van der Waals surface area contributed by atoms with Gasteiger partial charge in [0.25, 0.3) is 3.91 Å². The number of piperidine rings is 1. The van der Waals surface area contributed by atoms with Gasteiger partial charge in [0.2, 0.25) is 0 Å². The number of para-hydroxylation sites is 1. The molecule has 0 N–H and O–H groups in total. The third kappa shape index (κ3) is 2.14. The van der Waals surface area contributed by atoms with Crippen LogP contribution in [0.15, 0.2) is 24.3 Å². The van der Waals surface area contributed by atoms with Crippen molar-refractivity contribution < 1.29 is 4.79 Å². The molecule has 0 bridgehead atoms. The summed E-state index contributed by atoms with van der Waals surface area (Å²) in [7, 11) is 0. The number of hydrogen-bond acceptors (Lipinski definition) is 2. The lowest BCUT2D eigenvalue weighted by atomic mass is 9.74. The van der Waals surface area contributed by atoms with Crippen LogP contribution in [-0.2, 0) is 5.41 Å². The van der Waals surface area contributed by atoms with Crippen molar-refractivity contribution in [1.29, 1.82) is 0 Å². The van der Waals surface area contributed by atoms with E-state index in [1.807, 2.05) is 27.5 Å². The standard InChI is InChI=1S/C15H19IN2O/c1-2-17-11-15(12-5-3-4-6-13(12)17)7-9-18(10-8-15)14(16)19/h3-6H,2,7-11H2,1H3. The lowest BCUT2D eigenvalue weighted by Crippen LogP contribution is -2.45. The average Bonchev–Trinajstić information content (AvgIpc) is 2.74. The Bertz CT molecular complexity index is 495. The predicted molar refractivity (Wildman–Crippen MR) is 86.2 cm³/mol. The molecule has 0 radical (unpaired) electrons. The average molecular weight is 370 g/mol. The van der Waals surface area contributed by atoms with Crippen molar-refractivity contribution in [1.82, 2.24) is 4.90 Å². The van der Waals surface area contributed by atoms with E-state index in [1.54, 1.807) is 0 Å². The van der Waals surface area contributed by atoms with Gasteiger partial charge in [-0.3, -0.25) is 4.79 Å². The highest BCUT2D eigenvalue weighted by molar-refractivity contribution is 14.1. The van der Waals surface area contributed by atoms with E-state index in [9.17, 15) is 4.79 Å². The Balaban J connectivity index is 1.89. The molecule has 1 aromatic carbocycles. The molecule has 0 aromatic heterocycles. The van der Waals surface area contributed by atoms with Crippen molar-refractivity contribution in [3.05, 3.63) is 29.8 Å². The first kappa shape index (κ1) is 13.2. The molecule has 0 aliphatic carbocycles. The summed E-state index contributed by atoms with van der Waals surface area (Å²) in [6.45, 7) is 6.19. The number of likely N-dealkylation sites (tertiary alicyclic amines) is 1. The number of carbonyl (C=O) groups excluding carboxylic acids is 1. The fourth-order valence-electron chi connectivity index (χ4n) is 3.55. The van der Waals surface area contributed by atoms with Crippen LogP contribution in [-0.4, -0.2) is 35.0 Å². The molecule has 0 unspecified atom stereocenters. The van der Waals surface area contributed by atoms with Crippen LogP contribution < -0.4 is 4.90 Å². The Morgan fingerprint density at radius 2 is 2.00 bits per heavy atom. The molecule has 2 aliphatic heterocycles. The summed E-state index contributed by atoms with van der Waals surface area (Å²) >= 11 is 1.90. The predicted octanol–water partition coefficient (Wildman–Crippen LogP) is 3.42. The number of fused-ring (bicyclic) bond motifs is 2. The van der Waals surface area contributed by atoms with Crippen LogP contribution >= 0.6 is 22.6 Å². The van der Waals surface area contributed by atoms with Crippen LogP contribution in [0.2, 0.25) is 0 Å². The summed E-state index contributed by atoms with van der Waals surface area (Å²) in [6.07, 6.45) is 2.19. The molecule has 1 aromatic rings. The molecule has 0 saturated carbocycles. The smallest absolute Gasteiger partial charge is 0.283 e. The Morgan fingerprint density at radius 1 is 1.32 bits per heavy atom. The Kier molecular flexibility index (Phi) is 3.45. The second-order valence-corrected chi connectivity index (χ2v) is 6.47. The van der Waals surface area contributed by atoms with E-state index in [0.29, 0.717) is 0 Å². The minimum Gasteiger partial charge on any atom is -0.371 e. The van der Waals surface area contributed by atoms with E-state index in [-0.39, 0.29) is 9.33 Å². The number of halogens is 1. The summed E-state index contributed by atoms with van der Waals surface area (Å²) in [6, 6.07) is 8.80. The molecule has 3 rings (SSSR count). The molecular formula is C15H19IN2O. The van der Waals surface area contributed by atoms with Crippen molar-refractivity contribution in [2.45, 2.75) is 25.2 Å². The number of benzene rings is 1. The van der Waals surface area contributed by atoms with Gasteiger partial charge in [-0.25, -0.2) is 0 Å². The zero-order valence-corrected chi connectivity index (χ0v) is 13.4. The largest absolute Gasteiger partial charge is 0.371 e. The van der Waals surface area contributed by atoms with Gasteiger partial charge in [-0.1, -0.05) is 18.2 Å². The van der Waals surface area contributed by atoms with Gasteiger partial charge in [0.15, 0.2) is 0 Å². The van der Waals surface area contributed by atoms with Crippen molar-refractivity contribution in [3.8, 4) is 0 Å². The molecule has 0 atom stereocenters. The van der Waals surface area contributed by atoms with Crippen LogP contribution in [0.25, 0.3) is 0 Å². The Morgan fingerprint density at radius 3 is 2.63 bits per heavy atom. The summed E-state index contributed by atoms with van der Waals surface area (Å²) in [5, 5.41) is 0. The number of anilines is 1. The highest BCUT2D eigenvalue weighted by atomic mass is 127. The minimum atomic E-state index is 0.186. The van der Waals surface area contributed by atoms with E-state index in [1.165, 1.54) is 11.3 Å². The van der Waals surface area contributed by atoms with Crippen LogP contribution in [0.4, 0.5) is 10.5 Å². The van der Waals surface area contributed by atoms with E-state index < -0.39 is 0 Å². The van der Waals surface area contributed by atoms with E-state index in [0.717, 1.165) is 39.0 Å². The van der Waals surface area contributed by atoms with Gasteiger partial charge in [-0.05, 0) is 31.4 Å². The zero-order valence-electron chi connectivity index (χ0n) is 11.2. The van der Waals surface area contributed by atoms with E-state index >= 15 is 0 Å². The number of rotatable bonds is 1. The van der Waals surface area contributed by atoms with Crippen LogP contribution in [0.1, 0.15) is 25.3 Å². The van der Waals surface area contributed by atoms with E-state index in [4.69, 9.17) is 0 Å². The molecule has 1 fully saturated rings. The van der Waals surface area contributed by atoms with Gasteiger partial charge >= 0.3 is 0 Å². The normalized spacial score (nSPS) is 20.7. The van der Waals surface area contributed by atoms with Crippen LogP contribution in [0, 0.1) is 0 Å². The van der Waals surface area contributed by atoms with Crippen molar-refractivity contribution in [2.75, 3.05) is 31.1 Å². The minimum absolute atomic E-state index is 0.186. The van der Waals surface area contributed by atoms with Crippen molar-refractivity contribution in [2.24, 2.45) is 0 Å². The molecule has 19 heavy (non-hydrogen) atoms. The van der Waals surface area contributed by atoms with Crippen LogP contribution in [0.5, 0.6) is 0 Å². The number of likely N-dealkylation sites (N-methyl/N-ethyl adjacent to an activating group) is 1. The summed E-state index contributed by atoms with van der Waals surface area (Å²) in [4.78, 5) is 15.9. The van der Waals surface area contributed by atoms with Gasteiger partial charge in [0.05, 0.1) is 0 Å². The molecule has 3 nitrogen and oxygen atoms in total. The summed E-state index contributed by atoms with van der Waals surface area (Å²) < 4.78 is 0.186. The monoisotopic (exact) mass is 370 g/mol. The highest BCUT2D eigenvalue weighted by Crippen LogP contribution is 2.46. The number of amides is 1. The zero-order chi connectivity index (χ0) is 13.5. The highest BCUT2D eigenvalue weighted by Gasteiger charge is 2.44. The first-order valence-corrected chi connectivity index (χ1v) is 8.03. The molecule has 1 spiro atoms. The SMILES string of the molecule is CCN1CC2(CCN(C(=O)I)CC2)c2ccccc21. The number of carbonyl (C=O) groups is 1. The van der Waals surface area contributed by atoms with Gasteiger partial charge in [0, 0.05) is 59.9 Å². The molecule has 4 heteroatoms. The second kappa shape index (κ2) is 4.96. The maximum Gasteiger partial charge on any atom is 0.283 e. The molecule has 2 aliphatic rings. The van der Waals surface area contributed by atoms with Crippen LogP contribution in [0.3, 0.4) is 0 Å². The molecule has 2 heterocycles. The van der Waals surface area contributed by atoms with Crippen molar-refractivity contribution in [3.63, 3.8) is 0 Å². The fourth-order valence-corrected chi connectivity index (χ4v) is 4.04. The third-order valence-electron chi connectivity index (χ3n) is 4.66. The molecule has 1 saturated heterocycles. The quantitative estimate of drug-likeness (QED) is 0.430. The topological polar surface area (TPSA) is 23.6 Å². The number of nitrogens with zero attached hydrogens (tertiary/aromatic N) is 2. The lowest BCUT2D eigenvalue weighted by molar-refractivity contribution is 0.184. The first-order chi connectivity index (χ1) is 9.16. The maximum absolute atomic E-state index is 11.5. The Hall–Kier alpha value is -0.780. The van der Waals surface area contributed by atoms with Gasteiger partial charge < -0.3 is 9.80 Å². The lowest BCUT2D eigenvalue weighted by Gasteiger charge is -2.39. The fraction of sp³-hybridized carbons (Fsp3) is 0.533. The summed E-state index contributed by atoms with van der Waals surface area (Å²) in [5.74, 6) is 0. The summed E-state index contributed by atoms with van der Waals surface area (Å²) in [5.41, 5.74) is 3.17. The molecular weight excluding hydrogens is 351 g/mol. The van der Waals surface area contributed by atoms with E-state index in [2.05, 4.69) is 36.1 Å².